The number of anilines is 1. The van der Waals surface area contributed by atoms with E-state index in [0.717, 1.165) is 4.70 Å². The molecule has 2 heterocycles. The third kappa shape index (κ3) is 3.23. The molecule has 1 aromatic heterocycles. The minimum absolute atomic E-state index is 0.0654. The van der Waals surface area contributed by atoms with Gasteiger partial charge in [-0.3, -0.25) is 9.59 Å². The number of nitrogens with zero attached hydrogens (tertiary/aromatic N) is 2. The molecule has 0 aliphatic carbocycles. The number of aromatic nitrogens is 1. The van der Waals surface area contributed by atoms with Crippen LogP contribution in [0.5, 0.6) is 5.75 Å². The van der Waals surface area contributed by atoms with Gasteiger partial charge in [0, 0.05) is 0 Å². The number of amides is 2. The van der Waals surface area contributed by atoms with E-state index < -0.39 is 27.9 Å². The van der Waals surface area contributed by atoms with Crippen LogP contribution >= 0.6 is 11.3 Å². The summed E-state index contributed by atoms with van der Waals surface area (Å²) in [6, 6.07) is 10.1. The number of hydrogen-bond donors (Lipinski definition) is 1. The van der Waals surface area contributed by atoms with E-state index in [-0.39, 0.29) is 10.5 Å². The van der Waals surface area contributed by atoms with Crippen LogP contribution in [0, 0.1) is 0 Å². The number of carbonyl (C=O) groups excluding carboxylic acids is 2. The van der Waals surface area contributed by atoms with Gasteiger partial charge in [0.2, 0.25) is 5.91 Å². The summed E-state index contributed by atoms with van der Waals surface area (Å²) in [6.07, 6.45) is 0. The highest BCUT2D eigenvalue weighted by atomic mass is 32.2. The maximum atomic E-state index is 12.7. The number of nitrogens with one attached hydrogen (secondary N) is 1. The molecule has 0 fully saturated rings. The lowest BCUT2D eigenvalue weighted by molar-refractivity contribution is -0.118. The van der Waals surface area contributed by atoms with Crippen molar-refractivity contribution in [3.63, 3.8) is 0 Å². The van der Waals surface area contributed by atoms with E-state index >= 15 is 0 Å². The van der Waals surface area contributed by atoms with Crippen molar-refractivity contribution in [2.45, 2.75) is 24.8 Å². The Balaban J connectivity index is 1.58. The fraction of sp³-hybridized carbons (Fsp3) is 0.211. The van der Waals surface area contributed by atoms with Gasteiger partial charge >= 0.3 is 0 Å². The fourth-order valence-corrected chi connectivity index (χ4v) is 5.74. The molecule has 2 amide bonds. The number of carbonyl (C=O) groups is 2. The topological polar surface area (TPSA) is 106 Å². The summed E-state index contributed by atoms with van der Waals surface area (Å²) in [5, 5.41) is 2.93. The van der Waals surface area contributed by atoms with Crippen molar-refractivity contribution < 1.29 is 22.7 Å². The van der Waals surface area contributed by atoms with E-state index in [1.807, 2.05) is 13.0 Å². The lowest BCUT2D eigenvalue weighted by Gasteiger charge is -2.21. The molecular formula is C19H17N3O5S2. The van der Waals surface area contributed by atoms with Crippen LogP contribution in [-0.4, -0.2) is 42.2 Å². The Morgan fingerprint density at radius 3 is 2.76 bits per heavy atom. The first kappa shape index (κ1) is 19.3. The molecule has 150 valence electrons. The zero-order valence-electron chi connectivity index (χ0n) is 15.6. The summed E-state index contributed by atoms with van der Waals surface area (Å²) in [5.41, 5.74) is 0.745. The molecule has 0 saturated carbocycles. The van der Waals surface area contributed by atoms with Crippen molar-refractivity contribution in [1.82, 2.24) is 9.29 Å². The smallest absolute Gasteiger partial charge is 0.269 e. The van der Waals surface area contributed by atoms with Crippen molar-refractivity contribution in [3.8, 4) is 5.75 Å². The van der Waals surface area contributed by atoms with E-state index in [9.17, 15) is 18.0 Å². The maximum absolute atomic E-state index is 12.7. The summed E-state index contributed by atoms with van der Waals surface area (Å²) in [4.78, 5) is 29.5. The molecule has 0 saturated heterocycles. The van der Waals surface area contributed by atoms with Gasteiger partial charge in [-0.05, 0) is 44.2 Å². The molecule has 2 aromatic carbocycles. The van der Waals surface area contributed by atoms with Crippen LogP contribution in [0.2, 0.25) is 0 Å². The Kier molecular flexibility index (Phi) is 4.75. The molecule has 0 unspecified atom stereocenters. The van der Waals surface area contributed by atoms with Gasteiger partial charge in [-0.2, -0.15) is 0 Å². The molecule has 3 aromatic rings. The van der Waals surface area contributed by atoms with E-state index in [1.54, 1.807) is 18.2 Å². The first-order valence-electron chi connectivity index (χ1n) is 8.85. The van der Waals surface area contributed by atoms with E-state index in [2.05, 4.69) is 10.3 Å². The molecule has 0 spiro atoms. The average Bonchev–Trinajstić information content (AvgIpc) is 3.17. The lowest BCUT2D eigenvalue weighted by Crippen LogP contribution is -2.45. The second-order valence-corrected chi connectivity index (χ2v) is 9.16. The van der Waals surface area contributed by atoms with Gasteiger partial charge in [0.05, 0.1) is 22.4 Å². The van der Waals surface area contributed by atoms with Crippen LogP contribution in [0.25, 0.3) is 10.2 Å². The predicted molar refractivity (Wildman–Crippen MR) is 109 cm³/mol. The van der Waals surface area contributed by atoms with Crippen molar-refractivity contribution in [2.75, 3.05) is 11.9 Å². The summed E-state index contributed by atoms with van der Waals surface area (Å²) in [7, 11) is -4.08. The molecule has 1 atom stereocenters. The highest BCUT2D eigenvalue weighted by molar-refractivity contribution is 7.90. The quantitative estimate of drug-likeness (QED) is 0.666. The van der Waals surface area contributed by atoms with E-state index in [1.165, 1.54) is 36.5 Å². The second kappa shape index (κ2) is 7.12. The molecule has 8 nitrogen and oxygen atoms in total. The number of benzene rings is 2. The summed E-state index contributed by atoms with van der Waals surface area (Å²) < 4.78 is 32.4. The van der Waals surface area contributed by atoms with Gasteiger partial charge in [-0.15, -0.1) is 0 Å². The molecule has 0 bridgehead atoms. The number of sulfonamides is 1. The van der Waals surface area contributed by atoms with Gasteiger partial charge in [0.15, 0.2) is 5.13 Å². The maximum Gasteiger partial charge on any atom is 0.269 e. The van der Waals surface area contributed by atoms with Gasteiger partial charge in [-0.1, -0.05) is 23.5 Å². The van der Waals surface area contributed by atoms with Crippen LogP contribution in [0.1, 0.15) is 24.2 Å². The predicted octanol–water partition coefficient (Wildman–Crippen LogP) is 2.87. The largest absolute Gasteiger partial charge is 0.494 e. The van der Waals surface area contributed by atoms with Gasteiger partial charge in [0.25, 0.3) is 15.9 Å². The van der Waals surface area contributed by atoms with Gasteiger partial charge in [0.1, 0.15) is 16.7 Å². The van der Waals surface area contributed by atoms with Crippen LogP contribution in [0.3, 0.4) is 0 Å². The second-order valence-electron chi connectivity index (χ2n) is 6.35. The molecule has 29 heavy (non-hydrogen) atoms. The number of fused-ring (bicyclic) bond motifs is 2. The SMILES string of the molecule is CCOc1ccc2nc(NC(=O)[C@@H](C)N3C(=O)c4ccccc4S3(=O)=O)sc2c1. The van der Waals surface area contributed by atoms with Crippen molar-refractivity contribution in [3.05, 3.63) is 48.0 Å². The Morgan fingerprint density at radius 2 is 2.03 bits per heavy atom. The average molecular weight is 431 g/mol. The van der Waals surface area contributed by atoms with Crippen LogP contribution in [0.4, 0.5) is 5.13 Å². The van der Waals surface area contributed by atoms with Crippen LogP contribution < -0.4 is 10.1 Å². The van der Waals surface area contributed by atoms with Crippen molar-refractivity contribution in [2.24, 2.45) is 0 Å². The zero-order chi connectivity index (χ0) is 20.8. The molecule has 0 radical (unpaired) electrons. The standard InChI is InChI=1S/C19H17N3O5S2/c1-3-27-12-8-9-14-15(10-12)28-19(20-14)21-17(23)11(2)22-18(24)13-6-4-5-7-16(13)29(22,25)26/h4-11H,3H2,1-2H3,(H,20,21,23)/t11-/m1/s1. The minimum atomic E-state index is -4.08. The fourth-order valence-electron chi connectivity index (χ4n) is 3.12. The molecule has 1 aliphatic heterocycles. The minimum Gasteiger partial charge on any atom is -0.494 e. The molecule has 10 heteroatoms. The highest BCUT2D eigenvalue weighted by Crippen LogP contribution is 2.33. The molecule has 1 aliphatic rings. The summed E-state index contributed by atoms with van der Waals surface area (Å²) in [6.45, 7) is 3.79. The molecule has 4 rings (SSSR count). The highest BCUT2D eigenvalue weighted by Gasteiger charge is 2.45. The monoisotopic (exact) mass is 431 g/mol. The lowest BCUT2D eigenvalue weighted by atomic mass is 10.2. The number of thiazole rings is 1. The number of ether oxygens (including phenoxy) is 1. The number of hydrogen-bond acceptors (Lipinski definition) is 7. The summed E-state index contributed by atoms with van der Waals surface area (Å²) >= 11 is 1.24. The van der Waals surface area contributed by atoms with E-state index in [0.29, 0.717) is 27.3 Å². The Bertz CT molecular complexity index is 1240. The Morgan fingerprint density at radius 1 is 1.28 bits per heavy atom. The molecular weight excluding hydrogens is 414 g/mol. The van der Waals surface area contributed by atoms with Crippen LogP contribution in [0.15, 0.2) is 47.4 Å². The third-order valence-corrected chi connectivity index (χ3v) is 7.33. The molecule has 1 N–H and O–H groups in total. The first-order chi connectivity index (χ1) is 13.8. The summed E-state index contributed by atoms with van der Waals surface area (Å²) in [5.74, 6) is -0.658. The van der Waals surface area contributed by atoms with Crippen molar-refractivity contribution >= 4 is 48.5 Å². The Labute approximate surface area is 171 Å². The van der Waals surface area contributed by atoms with Gasteiger partial charge in [-0.25, -0.2) is 17.7 Å². The van der Waals surface area contributed by atoms with Crippen LogP contribution in [-0.2, 0) is 14.8 Å². The van der Waals surface area contributed by atoms with Crippen molar-refractivity contribution in [1.29, 1.82) is 0 Å². The van der Waals surface area contributed by atoms with E-state index in [4.69, 9.17) is 4.74 Å². The Hall–Kier alpha value is -2.98. The first-order valence-corrected chi connectivity index (χ1v) is 11.1. The normalized spacial score (nSPS) is 15.9. The number of rotatable bonds is 5. The van der Waals surface area contributed by atoms with Gasteiger partial charge < -0.3 is 10.1 Å². The zero-order valence-corrected chi connectivity index (χ0v) is 17.2. The third-order valence-electron chi connectivity index (χ3n) is 4.49.